The molecule has 1 amide bonds. The molecular weight excluding hydrogens is 518 g/mol. The van der Waals surface area contributed by atoms with Crippen LogP contribution in [0.5, 0.6) is 5.75 Å². The zero-order valence-corrected chi connectivity index (χ0v) is 22.7. The van der Waals surface area contributed by atoms with Gasteiger partial charge in [0.1, 0.15) is 18.4 Å². The molecule has 0 radical (unpaired) electrons. The van der Waals surface area contributed by atoms with Crippen LogP contribution >= 0.6 is 11.3 Å². The molecule has 0 spiro atoms. The van der Waals surface area contributed by atoms with Crippen molar-refractivity contribution in [3.8, 4) is 17.6 Å². The number of carbonyl (C=O) groups excluding carboxylic acids is 1. The fraction of sp³-hybridized carbons (Fsp3) is 0.118. The predicted octanol–water partition coefficient (Wildman–Crippen LogP) is 6.61. The number of carboxylic acid groups (broad SMARTS) is 1. The van der Waals surface area contributed by atoms with E-state index < -0.39 is 17.9 Å². The average Bonchev–Trinajstić information content (AvgIpc) is 3.40. The minimum absolute atomic E-state index is 0.156. The number of aliphatic carboxylic acids is 1. The highest BCUT2D eigenvalue weighted by Crippen LogP contribution is 2.27. The Labute approximate surface area is 237 Å². The highest BCUT2D eigenvalue weighted by atomic mass is 32.1. The minimum atomic E-state index is -1.09. The third-order valence-corrected chi connectivity index (χ3v) is 7.47. The van der Waals surface area contributed by atoms with Crippen LogP contribution in [0.15, 0.2) is 103 Å². The van der Waals surface area contributed by atoms with E-state index in [1.807, 2.05) is 104 Å². The molecule has 1 aromatic heterocycles. The molecule has 40 heavy (non-hydrogen) atoms. The summed E-state index contributed by atoms with van der Waals surface area (Å²) in [4.78, 5) is 25.4. The van der Waals surface area contributed by atoms with E-state index in [1.54, 1.807) is 6.07 Å². The Morgan fingerprint density at radius 2 is 1.55 bits per heavy atom. The fourth-order valence-corrected chi connectivity index (χ4v) is 5.08. The first kappa shape index (κ1) is 26.7. The standard InChI is InChI=1S/C34H27NO4S/c1-23-7-9-27(10-8-23)22-39-29-16-13-26(14-17-29)20-30(34(37)38)35-33(36)32-21-28-19-25(15-18-31(28)40-32)12-11-24-5-3-2-4-6-24/h2-10,13-19,21,30H,20,22H2,1H3,(H,35,36)(H,37,38). The fourth-order valence-electron chi connectivity index (χ4n) is 4.14. The second-order valence-corrected chi connectivity index (χ2v) is 10.5. The van der Waals surface area contributed by atoms with Crippen molar-refractivity contribution in [1.82, 2.24) is 5.32 Å². The van der Waals surface area contributed by atoms with Crippen molar-refractivity contribution in [2.24, 2.45) is 0 Å². The first-order chi connectivity index (χ1) is 19.4. The molecule has 0 bridgehead atoms. The molecule has 5 aromatic rings. The quantitative estimate of drug-likeness (QED) is 0.215. The van der Waals surface area contributed by atoms with Crippen LogP contribution in [-0.4, -0.2) is 23.0 Å². The Bertz CT molecular complexity index is 1690. The highest BCUT2D eigenvalue weighted by Gasteiger charge is 2.22. The lowest BCUT2D eigenvalue weighted by Gasteiger charge is -2.14. The molecular formula is C34H27NO4S. The van der Waals surface area contributed by atoms with Crippen molar-refractivity contribution >= 4 is 33.3 Å². The van der Waals surface area contributed by atoms with Crippen molar-refractivity contribution in [2.75, 3.05) is 0 Å². The van der Waals surface area contributed by atoms with E-state index in [1.165, 1.54) is 16.9 Å². The number of carboxylic acids is 1. The molecule has 0 fully saturated rings. The minimum Gasteiger partial charge on any atom is -0.489 e. The van der Waals surface area contributed by atoms with Crippen LogP contribution in [0.1, 0.15) is 37.5 Å². The van der Waals surface area contributed by atoms with Gasteiger partial charge in [-0.3, -0.25) is 4.79 Å². The van der Waals surface area contributed by atoms with Crippen LogP contribution in [0.3, 0.4) is 0 Å². The van der Waals surface area contributed by atoms with Crippen molar-refractivity contribution < 1.29 is 19.4 Å². The average molecular weight is 546 g/mol. The molecule has 6 heteroatoms. The molecule has 5 rings (SSSR count). The monoisotopic (exact) mass is 545 g/mol. The first-order valence-electron chi connectivity index (χ1n) is 12.8. The Hall–Kier alpha value is -4.86. The van der Waals surface area contributed by atoms with Gasteiger partial charge in [0.25, 0.3) is 5.91 Å². The second-order valence-electron chi connectivity index (χ2n) is 9.47. The molecule has 2 N–H and O–H groups in total. The summed E-state index contributed by atoms with van der Waals surface area (Å²) in [5, 5.41) is 13.4. The Morgan fingerprint density at radius 3 is 2.27 bits per heavy atom. The third kappa shape index (κ3) is 6.96. The largest absolute Gasteiger partial charge is 0.489 e. The Kier molecular flexibility index (Phi) is 8.24. The van der Waals surface area contributed by atoms with E-state index in [2.05, 4.69) is 17.2 Å². The van der Waals surface area contributed by atoms with Crippen LogP contribution in [-0.2, 0) is 17.8 Å². The molecule has 0 aliphatic rings. The molecule has 1 unspecified atom stereocenters. The van der Waals surface area contributed by atoms with Gasteiger partial charge in [-0.2, -0.15) is 0 Å². The van der Waals surface area contributed by atoms with Gasteiger partial charge in [-0.05, 0) is 72.0 Å². The van der Waals surface area contributed by atoms with Gasteiger partial charge in [0.15, 0.2) is 0 Å². The zero-order valence-electron chi connectivity index (χ0n) is 21.9. The van der Waals surface area contributed by atoms with Gasteiger partial charge < -0.3 is 15.2 Å². The molecule has 0 aliphatic heterocycles. The Morgan fingerprint density at radius 1 is 0.850 bits per heavy atom. The number of thiophene rings is 1. The van der Waals surface area contributed by atoms with E-state index in [-0.39, 0.29) is 6.42 Å². The summed E-state index contributed by atoms with van der Waals surface area (Å²) < 4.78 is 6.78. The zero-order chi connectivity index (χ0) is 27.9. The summed E-state index contributed by atoms with van der Waals surface area (Å²) in [6.07, 6.45) is 0.156. The lowest BCUT2D eigenvalue weighted by Crippen LogP contribution is -2.42. The van der Waals surface area contributed by atoms with Gasteiger partial charge in [-0.15, -0.1) is 11.3 Å². The number of hydrogen-bond acceptors (Lipinski definition) is 4. The van der Waals surface area contributed by atoms with Crippen LogP contribution in [0.4, 0.5) is 0 Å². The number of fused-ring (bicyclic) bond motifs is 1. The lowest BCUT2D eigenvalue weighted by molar-refractivity contribution is -0.139. The van der Waals surface area contributed by atoms with E-state index in [0.29, 0.717) is 17.2 Å². The number of benzene rings is 4. The third-order valence-electron chi connectivity index (χ3n) is 6.36. The van der Waals surface area contributed by atoms with Gasteiger partial charge in [-0.25, -0.2) is 4.79 Å². The first-order valence-corrected chi connectivity index (χ1v) is 13.7. The summed E-state index contributed by atoms with van der Waals surface area (Å²) in [5.74, 6) is 5.48. The lowest BCUT2D eigenvalue weighted by atomic mass is 10.1. The maximum Gasteiger partial charge on any atom is 0.326 e. The molecule has 5 nitrogen and oxygen atoms in total. The van der Waals surface area contributed by atoms with Crippen LogP contribution in [0.2, 0.25) is 0 Å². The second kappa shape index (κ2) is 12.3. The molecule has 4 aromatic carbocycles. The summed E-state index contributed by atoms with van der Waals surface area (Å²) >= 11 is 1.33. The summed E-state index contributed by atoms with van der Waals surface area (Å²) in [6, 6.07) is 31.7. The molecule has 198 valence electrons. The number of rotatable bonds is 8. The van der Waals surface area contributed by atoms with E-state index in [0.717, 1.165) is 32.3 Å². The smallest absolute Gasteiger partial charge is 0.326 e. The number of carbonyl (C=O) groups is 2. The number of hydrogen-bond donors (Lipinski definition) is 2. The molecule has 0 saturated carbocycles. The van der Waals surface area contributed by atoms with Crippen LogP contribution in [0, 0.1) is 18.8 Å². The van der Waals surface area contributed by atoms with Gasteiger partial charge in [0.05, 0.1) is 4.88 Å². The van der Waals surface area contributed by atoms with Crippen molar-refractivity contribution in [2.45, 2.75) is 26.0 Å². The van der Waals surface area contributed by atoms with Gasteiger partial charge >= 0.3 is 5.97 Å². The topological polar surface area (TPSA) is 75.6 Å². The number of aryl methyl sites for hydroxylation is 1. The van der Waals surface area contributed by atoms with Crippen molar-refractivity contribution in [3.05, 3.63) is 136 Å². The molecule has 1 atom stereocenters. The van der Waals surface area contributed by atoms with Crippen LogP contribution in [0.25, 0.3) is 10.1 Å². The SMILES string of the molecule is Cc1ccc(COc2ccc(CC(NC(=O)c3cc4cc(C#Cc5ccccc5)ccc4s3)C(=O)O)cc2)cc1. The predicted molar refractivity (Wildman–Crippen MR) is 159 cm³/mol. The summed E-state index contributed by atoms with van der Waals surface area (Å²) in [7, 11) is 0. The molecule has 0 aliphatic carbocycles. The van der Waals surface area contributed by atoms with E-state index in [9.17, 15) is 14.7 Å². The Balaban J connectivity index is 1.21. The number of amides is 1. The highest BCUT2D eigenvalue weighted by molar-refractivity contribution is 7.20. The molecule has 1 heterocycles. The van der Waals surface area contributed by atoms with Gasteiger partial charge in [0.2, 0.25) is 0 Å². The number of ether oxygens (including phenoxy) is 1. The van der Waals surface area contributed by atoms with Gasteiger partial charge in [-0.1, -0.05) is 72.0 Å². The normalized spacial score (nSPS) is 11.3. The van der Waals surface area contributed by atoms with Gasteiger partial charge in [0, 0.05) is 22.2 Å². The van der Waals surface area contributed by atoms with Crippen molar-refractivity contribution in [1.29, 1.82) is 0 Å². The van der Waals surface area contributed by atoms with E-state index in [4.69, 9.17) is 4.74 Å². The summed E-state index contributed by atoms with van der Waals surface area (Å²) in [5.41, 5.74) is 4.82. The number of nitrogens with one attached hydrogen (secondary N) is 1. The maximum absolute atomic E-state index is 13.0. The molecule has 0 saturated heterocycles. The van der Waals surface area contributed by atoms with Crippen molar-refractivity contribution in [3.63, 3.8) is 0 Å². The van der Waals surface area contributed by atoms with Crippen LogP contribution < -0.4 is 10.1 Å². The summed E-state index contributed by atoms with van der Waals surface area (Å²) in [6.45, 7) is 2.49. The maximum atomic E-state index is 13.0. The van der Waals surface area contributed by atoms with E-state index >= 15 is 0 Å².